The van der Waals surface area contributed by atoms with Gasteiger partial charge in [0, 0.05) is 12.7 Å². The Labute approximate surface area is 95.1 Å². The van der Waals surface area contributed by atoms with E-state index in [0.717, 1.165) is 12.8 Å². The van der Waals surface area contributed by atoms with Gasteiger partial charge in [0.05, 0.1) is 11.5 Å². The predicted octanol–water partition coefficient (Wildman–Crippen LogP) is 2.52. The fraction of sp³-hybridized carbons (Fsp3) is 0.500. The summed E-state index contributed by atoms with van der Waals surface area (Å²) in [5.41, 5.74) is -0.0361. The number of carboxylic acid groups (broad SMARTS) is 1. The fourth-order valence-electron chi connectivity index (χ4n) is 1.55. The second kappa shape index (κ2) is 4.84. The van der Waals surface area contributed by atoms with Crippen LogP contribution in [0.25, 0.3) is 0 Å². The first-order valence-corrected chi connectivity index (χ1v) is 5.26. The molecule has 0 aliphatic rings. The zero-order chi connectivity index (χ0) is 12.2. The number of aromatic carboxylic acids is 1. The minimum absolute atomic E-state index is 0.301. The van der Waals surface area contributed by atoms with E-state index in [9.17, 15) is 4.79 Å². The molecule has 0 unspecified atom stereocenters. The topological polar surface area (TPSA) is 66.0 Å². The number of hydrogen-bond acceptors (Lipinski definition) is 2. The first-order valence-electron chi connectivity index (χ1n) is 5.26. The summed E-state index contributed by atoms with van der Waals surface area (Å²) in [5, 5.41) is 17.7. The number of nitriles is 1. The Bertz CT molecular complexity index is 413. The number of aromatic nitrogens is 1. The zero-order valence-electron chi connectivity index (χ0n) is 9.60. The molecule has 86 valence electrons. The van der Waals surface area contributed by atoms with E-state index in [4.69, 9.17) is 10.4 Å². The molecule has 0 amide bonds. The second-order valence-corrected chi connectivity index (χ2v) is 4.49. The molecule has 0 fully saturated rings. The molecule has 0 radical (unpaired) electrons. The Morgan fingerprint density at radius 2 is 2.31 bits per heavy atom. The van der Waals surface area contributed by atoms with Crippen LogP contribution in [-0.2, 0) is 6.54 Å². The Morgan fingerprint density at radius 1 is 1.62 bits per heavy atom. The van der Waals surface area contributed by atoms with E-state index in [-0.39, 0.29) is 5.41 Å². The Balaban J connectivity index is 2.53. The van der Waals surface area contributed by atoms with Crippen molar-refractivity contribution in [1.29, 1.82) is 5.26 Å². The largest absolute Gasteiger partial charge is 0.477 e. The van der Waals surface area contributed by atoms with Crippen molar-refractivity contribution in [3.63, 3.8) is 0 Å². The van der Waals surface area contributed by atoms with Crippen LogP contribution in [0.4, 0.5) is 0 Å². The maximum Gasteiger partial charge on any atom is 0.352 e. The molecule has 0 saturated carbocycles. The van der Waals surface area contributed by atoms with Crippen LogP contribution in [0.5, 0.6) is 0 Å². The van der Waals surface area contributed by atoms with Gasteiger partial charge in [-0.3, -0.25) is 0 Å². The van der Waals surface area contributed by atoms with Gasteiger partial charge in [0.25, 0.3) is 0 Å². The molecule has 4 heteroatoms. The van der Waals surface area contributed by atoms with Gasteiger partial charge in [-0.05, 0) is 38.8 Å². The van der Waals surface area contributed by atoms with Crippen molar-refractivity contribution < 1.29 is 9.90 Å². The summed E-state index contributed by atoms with van der Waals surface area (Å²) in [6, 6.07) is 5.54. The highest BCUT2D eigenvalue weighted by Gasteiger charge is 2.16. The summed E-state index contributed by atoms with van der Waals surface area (Å²) in [5.74, 6) is -0.912. The lowest BCUT2D eigenvalue weighted by molar-refractivity contribution is 0.0685. The maximum atomic E-state index is 10.8. The second-order valence-electron chi connectivity index (χ2n) is 4.49. The first kappa shape index (κ1) is 12.3. The number of carboxylic acids is 1. The standard InChI is InChI=1S/C12H16N2O2/c1-12(2,9-13)6-4-8-14-7-3-5-10(14)11(15)16/h3,5,7H,4,6,8H2,1-2H3,(H,15,16). The Kier molecular flexibility index (Phi) is 3.73. The van der Waals surface area contributed by atoms with Crippen molar-refractivity contribution >= 4 is 5.97 Å². The number of hydrogen-bond donors (Lipinski definition) is 1. The zero-order valence-corrected chi connectivity index (χ0v) is 9.60. The highest BCUT2D eigenvalue weighted by molar-refractivity contribution is 5.85. The highest BCUT2D eigenvalue weighted by Crippen LogP contribution is 2.21. The monoisotopic (exact) mass is 220 g/mol. The van der Waals surface area contributed by atoms with Gasteiger partial charge in [-0.2, -0.15) is 5.26 Å². The molecule has 0 aliphatic heterocycles. The lowest BCUT2D eigenvalue weighted by Crippen LogP contribution is -2.12. The molecule has 1 aromatic heterocycles. The van der Waals surface area contributed by atoms with E-state index in [1.54, 1.807) is 22.9 Å². The van der Waals surface area contributed by atoms with E-state index in [1.165, 1.54) is 0 Å². The van der Waals surface area contributed by atoms with Gasteiger partial charge < -0.3 is 9.67 Å². The summed E-state index contributed by atoms with van der Waals surface area (Å²) >= 11 is 0. The lowest BCUT2D eigenvalue weighted by atomic mass is 9.90. The van der Waals surface area contributed by atoms with E-state index in [1.807, 2.05) is 13.8 Å². The van der Waals surface area contributed by atoms with E-state index in [2.05, 4.69) is 6.07 Å². The third-order valence-electron chi connectivity index (χ3n) is 2.55. The number of aryl methyl sites for hydroxylation is 1. The summed E-state index contributed by atoms with van der Waals surface area (Å²) < 4.78 is 1.70. The molecule has 1 N–H and O–H groups in total. The van der Waals surface area contributed by atoms with Crippen LogP contribution >= 0.6 is 0 Å². The molecule has 0 spiro atoms. The van der Waals surface area contributed by atoms with Crippen LogP contribution in [0.2, 0.25) is 0 Å². The average Bonchev–Trinajstić information content (AvgIpc) is 2.66. The quantitative estimate of drug-likeness (QED) is 0.829. The van der Waals surface area contributed by atoms with Gasteiger partial charge in [-0.1, -0.05) is 0 Å². The molecule has 1 aromatic rings. The highest BCUT2D eigenvalue weighted by atomic mass is 16.4. The third kappa shape index (κ3) is 3.13. The molecule has 0 aliphatic carbocycles. The van der Waals surface area contributed by atoms with Crippen LogP contribution in [0.15, 0.2) is 18.3 Å². The van der Waals surface area contributed by atoms with Gasteiger partial charge in [0.2, 0.25) is 0 Å². The van der Waals surface area contributed by atoms with Gasteiger partial charge in [-0.15, -0.1) is 0 Å². The molecule has 0 saturated heterocycles. The summed E-state index contributed by atoms with van der Waals surface area (Å²) in [4.78, 5) is 10.8. The normalized spacial score (nSPS) is 11.1. The van der Waals surface area contributed by atoms with Crippen LogP contribution in [0.1, 0.15) is 37.2 Å². The summed E-state index contributed by atoms with van der Waals surface area (Å²) in [7, 11) is 0. The van der Waals surface area contributed by atoms with E-state index in [0.29, 0.717) is 12.2 Å². The number of nitrogens with zero attached hydrogens (tertiary/aromatic N) is 2. The predicted molar refractivity (Wildman–Crippen MR) is 60.0 cm³/mol. The van der Waals surface area contributed by atoms with Crippen molar-refractivity contribution in [2.45, 2.75) is 33.2 Å². The average molecular weight is 220 g/mol. The molecular weight excluding hydrogens is 204 g/mol. The maximum absolute atomic E-state index is 10.8. The van der Waals surface area contributed by atoms with Crippen molar-refractivity contribution in [3.05, 3.63) is 24.0 Å². The Morgan fingerprint density at radius 3 is 2.88 bits per heavy atom. The van der Waals surface area contributed by atoms with E-state index < -0.39 is 5.97 Å². The minimum atomic E-state index is -0.912. The van der Waals surface area contributed by atoms with Crippen LogP contribution in [0, 0.1) is 16.7 Å². The SMILES string of the molecule is CC(C)(C#N)CCCn1cccc1C(=O)O. The molecule has 0 aromatic carbocycles. The molecule has 4 nitrogen and oxygen atoms in total. The molecule has 0 atom stereocenters. The van der Waals surface area contributed by atoms with Crippen LogP contribution in [-0.4, -0.2) is 15.6 Å². The third-order valence-corrected chi connectivity index (χ3v) is 2.55. The van der Waals surface area contributed by atoms with Crippen molar-refractivity contribution in [1.82, 2.24) is 4.57 Å². The molecule has 1 heterocycles. The van der Waals surface area contributed by atoms with Crippen LogP contribution in [0.3, 0.4) is 0 Å². The van der Waals surface area contributed by atoms with Gasteiger partial charge >= 0.3 is 5.97 Å². The summed E-state index contributed by atoms with van der Waals surface area (Å²) in [6.07, 6.45) is 3.32. The van der Waals surface area contributed by atoms with Crippen molar-refractivity contribution in [2.24, 2.45) is 5.41 Å². The molecule has 0 bridgehead atoms. The van der Waals surface area contributed by atoms with Gasteiger partial charge in [-0.25, -0.2) is 4.79 Å². The number of rotatable bonds is 5. The van der Waals surface area contributed by atoms with Crippen LogP contribution < -0.4 is 0 Å². The smallest absolute Gasteiger partial charge is 0.352 e. The lowest BCUT2D eigenvalue weighted by Gasteiger charge is -2.15. The Hall–Kier alpha value is -1.76. The molecular formula is C12H16N2O2. The van der Waals surface area contributed by atoms with Crippen molar-refractivity contribution in [2.75, 3.05) is 0 Å². The summed E-state index contributed by atoms with van der Waals surface area (Å²) in [6.45, 7) is 4.42. The first-order chi connectivity index (χ1) is 7.46. The van der Waals surface area contributed by atoms with Gasteiger partial charge in [0.1, 0.15) is 5.69 Å². The minimum Gasteiger partial charge on any atom is -0.477 e. The van der Waals surface area contributed by atoms with Crippen molar-refractivity contribution in [3.8, 4) is 6.07 Å². The van der Waals surface area contributed by atoms with Gasteiger partial charge in [0.15, 0.2) is 0 Å². The fourth-order valence-corrected chi connectivity index (χ4v) is 1.55. The molecule has 1 rings (SSSR count). The van der Waals surface area contributed by atoms with E-state index >= 15 is 0 Å². The number of carbonyl (C=O) groups is 1. The molecule has 16 heavy (non-hydrogen) atoms.